The molecule has 0 aromatic carbocycles. The van der Waals surface area contributed by atoms with Crippen LogP contribution in [0.15, 0.2) is 11.8 Å². The van der Waals surface area contributed by atoms with E-state index in [1.54, 1.807) is 0 Å². The molecule has 0 aliphatic rings. The predicted molar refractivity (Wildman–Crippen MR) is 33.0 cm³/mol. The van der Waals surface area contributed by atoms with E-state index in [-0.39, 0.29) is 5.76 Å². The third kappa shape index (κ3) is 2.74. The van der Waals surface area contributed by atoms with Crippen molar-refractivity contribution in [1.29, 1.82) is 0 Å². The van der Waals surface area contributed by atoms with Crippen molar-refractivity contribution in [1.82, 2.24) is 0 Å². The monoisotopic (exact) mass is 130 g/mol. The van der Waals surface area contributed by atoms with Gasteiger partial charge in [-0.3, -0.25) is 0 Å². The first-order valence-corrected chi connectivity index (χ1v) is 2.69. The van der Waals surface area contributed by atoms with Crippen LogP contribution in [-0.2, 0) is 9.53 Å². The fourth-order valence-corrected chi connectivity index (χ4v) is 0.443. The summed E-state index contributed by atoms with van der Waals surface area (Å²) in [5.41, 5.74) is 0. The molecule has 52 valence electrons. The van der Waals surface area contributed by atoms with Crippen molar-refractivity contribution in [3.05, 3.63) is 11.8 Å². The number of aliphatic carboxylic acids is 1. The molecule has 0 radical (unpaired) electrons. The lowest BCUT2D eigenvalue weighted by Gasteiger charge is -1.96. The van der Waals surface area contributed by atoms with Crippen LogP contribution in [0, 0.1) is 0 Å². The number of rotatable bonds is 3. The Morgan fingerprint density at radius 1 is 1.78 bits per heavy atom. The van der Waals surface area contributed by atoms with E-state index < -0.39 is 5.97 Å². The highest BCUT2D eigenvalue weighted by atomic mass is 16.5. The minimum Gasteiger partial charge on any atom is -0.490 e. The molecule has 0 bridgehead atoms. The lowest BCUT2D eigenvalue weighted by Crippen LogP contribution is -2.01. The Hall–Kier alpha value is -0.990. The second-order valence-electron chi connectivity index (χ2n) is 1.49. The summed E-state index contributed by atoms with van der Waals surface area (Å²) >= 11 is 0. The molecule has 0 spiro atoms. The Morgan fingerprint density at radius 3 is 2.44 bits per heavy atom. The summed E-state index contributed by atoms with van der Waals surface area (Å²) in [4.78, 5) is 10.1. The van der Waals surface area contributed by atoms with Crippen LogP contribution in [0.1, 0.15) is 13.3 Å². The molecular weight excluding hydrogens is 120 g/mol. The summed E-state index contributed by atoms with van der Waals surface area (Å²) in [5, 5.41) is 8.31. The predicted octanol–water partition coefficient (Wildman–Crippen LogP) is 1.01. The fourth-order valence-electron chi connectivity index (χ4n) is 0.443. The van der Waals surface area contributed by atoms with Gasteiger partial charge < -0.3 is 9.84 Å². The molecule has 0 aromatic heterocycles. The van der Waals surface area contributed by atoms with E-state index in [2.05, 4.69) is 4.74 Å². The van der Waals surface area contributed by atoms with E-state index >= 15 is 0 Å². The second-order valence-corrected chi connectivity index (χ2v) is 1.49. The molecule has 0 heterocycles. The average molecular weight is 130 g/mol. The van der Waals surface area contributed by atoms with Crippen molar-refractivity contribution in [3.8, 4) is 0 Å². The Morgan fingerprint density at radius 2 is 2.33 bits per heavy atom. The van der Waals surface area contributed by atoms with E-state index in [0.29, 0.717) is 6.42 Å². The number of allylic oxidation sites excluding steroid dienone is 1. The van der Waals surface area contributed by atoms with Crippen molar-refractivity contribution in [2.24, 2.45) is 0 Å². The maximum atomic E-state index is 10.1. The highest BCUT2D eigenvalue weighted by molar-refractivity contribution is 5.84. The van der Waals surface area contributed by atoms with Gasteiger partial charge in [0.1, 0.15) is 0 Å². The molecule has 0 unspecified atom stereocenters. The number of carboxylic acids is 1. The van der Waals surface area contributed by atoms with Crippen molar-refractivity contribution in [2.45, 2.75) is 13.3 Å². The zero-order valence-corrected chi connectivity index (χ0v) is 5.55. The van der Waals surface area contributed by atoms with Crippen LogP contribution >= 0.6 is 0 Å². The molecule has 0 saturated carbocycles. The van der Waals surface area contributed by atoms with Crippen LogP contribution < -0.4 is 0 Å². The van der Waals surface area contributed by atoms with Gasteiger partial charge in [-0.15, -0.1) is 0 Å². The lowest BCUT2D eigenvalue weighted by atomic mass is 10.4. The molecule has 0 aliphatic carbocycles. The molecule has 0 atom stereocenters. The van der Waals surface area contributed by atoms with Crippen LogP contribution in [0.2, 0.25) is 0 Å². The first-order valence-electron chi connectivity index (χ1n) is 2.69. The van der Waals surface area contributed by atoms with Gasteiger partial charge in [-0.05, 0) is 12.5 Å². The van der Waals surface area contributed by atoms with E-state index in [0.717, 1.165) is 0 Å². The van der Waals surface area contributed by atoms with Crippen molar-refractivity contribution in [3.63, 3.8) is 0 Å². The van der Waals surface area contributed by atoms with Crippen molar-refractivity contribution >= 4 is 5.97 Å². The molecule has 0 aromatic rings. The molecule has 3 nitrogen and oxygen atoms in total. The van der Waals surface area contributed by atoms with Crippen LogP contribution in [-0.4, -0.2) is 18.2 Å². The highest BCUT2D eigenvalue weighted by Crippen LogP contribution is 1.95. The smallest absolute Gasteiger partial charge is 0.370 e. The standard InChI is InChI=1S/C6H10O3/c1-3-4-5(9-2)6(7)8/h4H,3H2,1-2H3,(H,7,8). The van der Waals surface area contributed by atoms with Gasteiger partial charge in [-0.1, -0.05) is 6.92 Å². The summed E-state index contributed by atoms with van der Waals surface area (Å²) in [7, 11) is 1.34. The molecule has 3 heteroatoms. The number of carboxylic acid groups (broad SMARTS) is 1. The van der Waals surface area contributed by atoms with Crippen molar-refractivity contribution < 1.29 is 14.6 Å². The minimum atomic E-state index is -1.01. The fraction of sp³-hybridized carbons (Fsp3) is 0.500. The van der Waals surface area contributed by atoms with Crippen LogP contribution in [0.3, 0.4) is 0 Å². The number of ether oxygens (including phenoxy) is 1. The third-order valence-electron chi connectivity index (χ3n) is 0.820. The molecule has 1 N–H and O–H groups in total. The van der Waals surface area contributed by atoms with E-state index in [4.69, 9.17) is 5.11 Å². The average Bonchev–Trinajstić information content (AvgIpc) is 1.82. The molecule has 0 fully saturated rings. The number of methoxy groups -OCH3 is 1. The number of carbonyl (C=O) groups is 1. The van der Waals surface area contributed by atoms with Gasteiger partial charge in [-0.2, -0.15) is 0 Å². The Bertz CT molecular complexity index is 126. The Labute approximate surface area is 53.9 Å². The number of hydrogen-bond acceptors (Lipinski definition) is 2. The van der Waals surface area contributed by atoms with Gasteiger partial charge in [-0.25, -0.2) is 4.79 Å². The minimum absolute atomic E-state index is 0.0116. The van der Waals surface area contributed by atoms with E-state index in [1.807, 2.05) is 6.92 Å². The summed E-state index contributed by atoms with van der Waals surface area (Å²) < 4.78 is 4.51. The topological polar surface area (TPSA) is 46.5 Å². The second kappa shape index (κ2) is 3.95. The third-order valence-corrected chi connectivity index (χ3v) is 0.820. The van der Waals surface area contributed by atoms with Gasteiger partial charge in [0.05, 0.1) is 7.11 Å². The largest absolute Gasteiger partial charge is 0.490 e. The van der Waals surface area contributed by atoms with Crippen LogP contribution in [0.5, 0.6) is 0 Å². The van der Waals surface area contributed by atoms with Gasteiger partial charge >= 0.3 is 5.97 Å². The molecule has 0 saturated heterocycles. The molecular formula is C6H10O3. The summed E-state index contributed by atoms with van der Waals surface area (Å²) in [6, 6.07) is 0. The highest BCUT2D eigenvalue weighted by Gasteiger charge is 2.03. The lowest BCUT2D eigenvalue weighted by molar-refractivity contribution is -0.136. The summed E-state index contributed by atoms with van der Waals surface area (Å²) in [6.07, 6.45) is 2.19. The van der Waals surface area contributed by atoms with E-state index in [9.17, 15) is 4.79 Å². The maximum absolute atomic E-state index is 10.1. The van der Waals surface area contributed by atoms with Gasteiger partial charge in [0.25, 0.3) is 0 Å². The SMILES string of the molecule is CCC=C(OC)C(=O)O. The number of hydrogen-bond donors (Lipinski definition) is 1. The van der Waals surface area contributed by atoms with Gasteiger partial charge in [0, 0.05) is 0 Å². The van der Waals surface area contributed by atoms with Gasteiger partial charge in [0.2, 0.25) is 0 Å². The van der Waals surface area contributed by atoms with E-state index in [1.165, 1.54) is 13.2 Å². The van der Waals surface area contributed by atoms with Crippen LogP contribution in [0.4, 0.5) is 0 Å². The molecule has 0 rings (SSSR count). The maximum Gasteiger partial charge on any atom is 0.370 e. The Balaban J connectivity index is 3.98. The quantitative estimate of drug-likeness (QED) is 0.458. The Kier molecular flexibility index (Phi) is 3.51. The normalized spacial score (nSPS) is 11.1. The zero-order chi connectivity index (χ0) is 7.28. The zero-order valence-electron chi connectivity index (χ0n) is 5.55. The molecule has 9 heavy (non-hydrogen) atoms. The summed E-state index contributed by atoms with van der Waals surface area (Å²) in [5.74, 6) is -1.00. The van der Waals surface area contributed by atoms with Crippen molar-refractivity contribution in [2.75, 3.05) is 7.11 Å². The van der Waals surface area contributed by atoms with Crippen LogP contribution in [0.25, 0.3) is 0 Å². The first-order chi connectivity index (χ1) is 4.22. The molecule has 0 amide bonds. The van der Waals surface area contributed by atoms with Gasteiger partial charge in [0.15, 0.2) is 5.76 Å². The first kappa shape index (κ1) is 8.01. The summed E-state index contributed by atoms with van der Waals surface area (Å²) in [6.45, 7) is 1.85. The molecule has 0 aliphatic heterocycles.